The minimum Gasteiger partial charge on any atom is -0.307 e. The maximum absolute atomic E-state index is 15.7. The van der Waals surface area contributed by atoms with E-state index in [4.69, 9.17) is 0 Å². The number of fused-ring (bicyclic) bond motifs is 12. The second-order valence-electron chi connectivity index (χ2n) is 23.8. The van der Waals surface area contributed by atoms with Gasteiger partial charge in [0, 0.05) is 43.1 Å². The van der Waals surface area contributed by atoms with Gasteiger partial charge in [0.05, 0.1) is 89.1 Å². The number of aryl methyl sites for hydroxylation is 4. The summed E-state index contributed by atoms with van der Waals surface area (Å²) < 4.78 is 141. The number of benzene rings is 12. The average Bonchev–Trinajstić information content (AvgIpc) is 1.52. The lowest BCUT2D eigenvalue weighted by Crippen LogP contribution is -2.16. The van der Waals surface area contributed by atoms with Crippen LogP contribution in [-0.2, 0) is 18.5 Å². The molecule has 0 radical (unpaired) electrons. The van der Waals surface area contributed by atoms with E-state index < -0.39 is 35.2 Å². The van der Waals surface area contributed by atoms with Crippen molar-refractivity contribution in [2.24, 2.45) is 0 Å². The van der Waals surface area contributed by atoms with Crippen molar-refractivity contribution < 1.29 is 39.5 Å². The number of nitrogens with zero attached hydrogens (tertiary/aromatic N) is 5. The molecular weight excluding hydrogens is 1200 g/mol. The first-order chi connectivity index (χ1) is 45.2. The number of aromatic nitrogens is 4. The topological polar surface area (TPSA) is 43.5 Å². The second kappa shape index (κ2) is 21.9. The summed E-state index contributed by atoms with van der Waals surface area (Å²) in [5, 5.41) is 18.1. The highest BCUT2D eigenvalue weighted by Gasteiger charge is 2.40. The van der Waals surface area contributed by atoms with Gasteiger partial charge in [-0.15, -0.1) is 0 Å². The average molecular weight is 1250 g/mol. The van der Waals surface area contributed by atoms with Crippen LogP contribution in [0.15, 0.2) is 243 Å². The first kappa shape index (κ1) is 59.0. The number of nitriles is 1. The van der Waals surface area contributed by atoms with Crippen molar-refractivity contribution in [2.45, 2.75) is 46.2 Å². The van der Waals surface area contributed by atoms with E-state index in [1.54, 1.807) is 33.4 Å². The van der Waals surface area contributed by atoms with Gasteiger partial charge in [-0.3, -0.25) is 0 Å². The van der Waals surface area contributed by atoms with Crippen molar-refractivity contribution in [3.8, 4) is 51.1 Å². The van der Waals surface area contributed by atoms with E-state index in [2.05, 4.69) is 39.5 Å². The van der Waals surface area contributed by atoms with Crippen LogP contribution in [0, 0.1) is 39.0 Å². The Balaban J connectivity index is 0.000000155. The summed E-state index contributed by atoms with van der Waals surface area (Å²) in [6.07, 6.45) is -14.3. The molecule has 0 fully saturated rings. The maximum atomic E-state index is 15.7. The van der Waals surface area contributed by atoms with Gasteiger partial charge in [-0.1, -0.05) is 182 Å². The molecule has 0 saturated heterocycles. The van der Waals surface area contributed by atoms with Gasteiger partial charge in [0.2, 0.25) is 0 Å². The first-order valence-electron chi connectivity index (χ1n) is 30.4. The van der Waals surface area contributed by atoms with Crippen LogP contribution in [0.25, 0.3) is 132 Å². The minimum absolute atomic E-state index is 0.0233. The number of hydrogen-bond acceptors (Lipinski definition) is 1. The van der Waals surface area contributed by atoms with Crippen molar-refractivity contribution >= 4 is 87.2 Å². The van der Waals surface area contributed by atoms with Crippen LogP contribution in [0.2, 0.25) is 0 Å². The third-order valence-corrected chi connectivity index (χ3v) is 18.2. The van der Waals surface area contributed by atoms with E-state index in [1.165, 1.54) is 36.4 Å². The fourth-order valence-corrected chi connectivity index (χ4v) is 14.4. The van der Waals surface area contributed by atoms with Gasteiger partial charge in [-0.25, -0.2) is 0 Å². The van der Waals surface area contributed by atoms with E-state index >= 15 is 13.2 Å². The highest BCUT2D eigenvalue weighted by molar-refractivity contribution is 6.15. The molecule has 460 valence electrons. The van der Waals surface area contributed by atoms with Crippen LogP contribution >= 0.6 is 0 Å². The third kappa shape index (κ3) is 9.31. The highest BCUT2D eigenvalue weighted by atomic mass is 19.4. The number of rotatable bonds is 6. The second-order valence-corrected chi connectivity index (χ2v) is 23.8. The molecule has 0 aliphatic heterocycles. The molecule has 0 saturated carbocycles. The number of halogens is 9. The van der Waals surface area contributed by atoms with Crippen LogP contribution in [0.5, 0.6) is 0 Å². The Morgan fingerprint density at radius 1 is 0.287 bits per heavy atom. The van der Waals surface area contributed by atoms with Crippen LogP contribution in [0.1, 0.15) is 44.5 Å². The normalized spacial score (nSPS) is 12.3. The Morgan fingerprint density at radius 2 is 0.574 bits per heavy atom. The summed E-state index contributed by atoms with van der Waals surface area (Å²) >= 11 is 0. The quantitative estimate of drug-likeness (QED) is 0.153. The number of alkyl halides is 9. The third-order valence-electron chi connectivity index (χ3n) is 18.2. The zero-order valence-corrected chi connectivity index (χ0v) is 50.7. The SMILES string of the molecule is Cc1cccc2c3ccccc3n(-c3cc(-c4ccccc4C(F)(F)F)cc(C#N)c3-n3c4ccccc4c4cccc(C)c43)c12.Cc1cccc2c3ccccc3n(-c3cc(-c4ccccc4C(F)(F)F)cc(C(F)(F)F)c3-n3c4ccccc4c4cccc(C)c43)c12. The predicted octanol–water partition coefficient (Wildman–Crippen LogP) is 23.3. The fourth-order valence-electron chi connectivity index (χ4n) is 14.4. The molecule has 12 aromatic carbocycles. The first-order valence-corrected chi connectivity index (χ1v) is 30.4. The smallest absolute Gasteiger partial charge is 0.307 e. The van der Waals surface area contributed by atoms with Crippen LogP contribution in [-0.4, -0.2) is 18.3 Å². The van der Waals surface area contributed by atoms with Gasteiger partial charge < -0.3 is 18.3 Å². The summed E-state index contributed by atoms with van der Waals surface area (Å²) in [5.41, 5.74) is 8.21. The summed E-state index contributed by atoms with van der Waals surface area (Å²) in [7, 11) is 0. The zero-order valence-electron chi connectivity index (χ0n) is 50.7. The predicted molar refractivity (Wildman–Crippen MR) is 360 cm³/mol. The van der Waals surface area contributed by atoms with Gasteiger partial charge >= 0.3 is 18.5 Å². The van der Waals surface area contributed by atoms with E-state index in [9.17, 15) is 31.6 Å². The molecule has 0 bridgehead atoms. The molecule has 0 aliphatic rings. The van der Waals surface area contributed by atoms with Crippen molar-refractivity contribution in [2.75, 3.05) is 0 Å². The van der Waals surface area contributed by atoms with E-state index in [-0.39, 0.29) is 33.6 Å². The Hall–Kier alpha value is -11.3. The molecule has 0 aliphatic carbocycles. The Bertz CT molecular complexity index is 5840. The lowest BCUT2D eigenvalue weighted by Gasteiger charge is -2.24. The molecule has 0 unspecified atom stereocenters. The summed E-state index contributed by atoms with van der Waals surface area (Å²) in [6.45, 7) is 7.82. The fraction of sp³-hybridized carbons (Fsp3) is 0.0875. The lowest BCUT2D eigenvalue weighted by atomic mass is 9.95. The van der Waals surface area contributed by atoms with E-state index in [1.807, 2.05) is 167 Å². The van der Waals surface area contributed by atoms with Crippen LogP contribution in [0.4, 0.5) is 39.5 Å². The van der Waals surface area contributed by atoms with Gasteiger partial charge in [0.15, 0.2) is 0 Å². The number of para-hydroxylation sites is 8. The summed E-state index contributed by atoms with van der Waals surface area (Å²) in [4.78, 5) is 0. The molecule has 5 nitrogen and oxygen atoms in total. The van der Waals surface area contributed by atoms with Crippen molar-refractivity contribution in [1.82, 2.24) is 18.3 Å². The molecule has 0 spiro atoms. The Kier molecular flexibility index (Phi) is 13.8. The standard InChI is InChI=1S/C40H26F6N2.C40H26F3N3/c1-23-11-9-16-29-27-14-4-7-19-33(27)47(36(23)29)35-22-25(26-13-3-6-18-31(26)39(41,42)43)21-32(40(44,45)46)38(35)48-34-20-8-5-15-28(34)30-17-10-12-24(2)37(30)48;1-24-11-9-16-31-29-14-4-7-19-34(29)45(37(24)31)36-22-26(28-13-3-6-18-33(28)40(41,42)43)21-27(23-44)39(36)46-35-20-8-5-15-30(35)32-17-10-12-25(2)38(32)46/h3-22H,1-2H3;3-22H,1-2H3. The van der Waals surface area contributed by atoms with Crippen LogP contribution < -0.4 is 0 Å². The Morgan fingerprint density at radius 3 is 0.936 bits per heavy atom. The molecule has 16 aromatic rings. The van der Waals surface area contributed by atoms with E-state index in [0.29, 0.717) is 39.0 Å². The highest BCUT2D eigenvalue weighted by Crippen LogP contribution is 2.50. The molecule has 0 amide bonds. The molecule has 16 rings (SSSR count). The van der Waals surface area contributed by atoms with Crippen molar-refractivity contribution in [3.05, 3.63) is 287 Å². The lowest BCUT2D eigenvalue weighted by molar-refractivity contribution is -0.138. The van der Waals surface area contributed by atoms with Crippen LogP contribution in [0.3, 0.4) is 0 Å². The maximum Gasteiger partial charge on any atom is 0.418 e. The molecule has 14 heteroatoms. The molecule has 4 heterocycles. The minimum atomic E-state index is -4.94. The monoisotopic (exact) mass is 1250 g/mol. The zero-order chi connectivity index (χ0) is 65.3. The molecule has 0 N–H and O–H groups in total. The largest absolute Gasteiger partial charge is 0.418 e. The van der Waals surface area contributed by atoms with Crippen molar-refractivity contribution in [3.63, 3.8) is 0 Å². The molecule has 0 atom stereocenters. The molecule has 4 aromatic heterocycles. The summed E-state index contributed by atoms with van der Waals surface area (Å²) in [5.74, 6) is 0. The van der Waals surface area contributed by atoms with Gasteiger partial charge in [0.25, 0.3) is 0 Å². The van der Waals surface area contributed by atoms with Gasteiger partial charge in [-0.05, 0) is 133 Å². The molecule has 94 heavy (non-hydrogen) atoms. The van der Waals surface area contributed by atoms with E-state index in [0.717, 1.165) is 106 Å². The number of hydrogen-bond donors (Lipinski definition) is 0. The Labute approximate surface area is 532 Å². The van der Waals surface area contributed by atoms with Gasteiger partial charge in [-0.2, -0.15) is 44.8 Å². The van der Waals surface area contributed by atoms with Crippen molar-refractivity contribution in [1.29, 1.82) is 5.26 Å². The van der Waals surface area contributed by atoms with Gasteiger partial charge in [0.1, 0.15) is 6.07 Å². The molecular formula is C80H52F9N5. The summed E-state index contributed by atoms with van der Waals surface area (Å²) in [6, 6.07) is 72.8.